The van der Waals surface area contributed by atoms with Crippen molar-refractivity contribution < 1.29 is 23.5 Å². The Bertz CT molecular complexity index is 1400. The minimum absolute atomic E-state index is 0.0955. The second kappa shape index (κ2) is 12.3. The molecule has 3 aromatic rings. The van der Waals surface area contributed by atoms with Crippen LogP contribution in [0.25, 0.3) is 5.69 Å². The number of anilines is 1. The Morgan fingerprint density at radius 2 is 1.72 bits per heavy atom. The van der Waals surface area contributed by atoms with Crippen LogP contribution in [0.15, 0.2) is 59.4 Å². The summed E-state index contributed by atoms with van der Waals surface area (Å²) in [4.78, 5) is 37.4. The van der Waals surface area contributed by atoms with Gasteiger partial charge >= 0.3 is 5.97 Å². The van der Waals surface area contributed by atoms with Crippen LogP contribution in [0.4, 0.5) is 14.6 Å². The van der Waals surface area contributed by atoms with E-state index in [-0.39, 0.29) is 16.9 Å². The van der Waals surface area contributed by atoms with E-state index in [1.54, 1.807) is 24.3 Å². The molecule has 0 bridgehead atoms. The van der Waals surface area contributed by atoms with E-state index in [0.717, 1.165) is 34.8 Å². The van der Waals surface area contributed by atoms with Crippen LogP contribution in [-0.4, -0.2) is 27.5 Å². The Labute approximate surface area is 225 Å². The fraction of sp³-hybridized carbons (Fsp3) is 0.367. The topological polar surface area (TPSA) is 114 Å². The lowest BCUT2D eigenvalue weighted by atomic mass is 9.90. The van der Waals surface area contributed by atoms with E-state index in [9.17, 15) is 28.3 Å². The summed E-state index contributed by atoms with van der Waals surface area (Å²) in [6, 6.07) is 11.1. The highest BCUT2D eigenvalue weighted by Crippen LogP contribution is 2.31. The zero-order valence-electron chi connectivity index (χ0n) is 21.8. The smallest absolute Gasteiger partial charge is 0.320 e. The van der Waals surface area contributed by atoms with Crippen LogP contribution >= 0.6 is 0 Å². The number of nitrogen functional groups attached to an aromatic ring is 1. The summed E-state index contributed by atoms with van der Waals surface area (Å²) < 4.78 is 28.6. The van der Waals surface area contributed by atoms with Crippen molar-refractivity contribution in [1.29, 1.82) is 0 Å². The first-order valence-electron chi connectivity index (χ1n) is 13.2. The summed E-state index contributed by atoms with van der Waals surface area (Å²) in [7, 11) is 0. The number of hydrogen-bond acceptors (Lipinski definition) is 5. The van der Waals surface area contributed by atoms with Crippen molar-refractivity contribution in [2.75, 3.05) is 5.73 Å². The number of hydrogen-bond donors (Lipinski definition) is 3. The van der Waals surface area contributed by atoms with Gasteiger partial charge in [-0.05, 0) is 60.6 Å². The highest BCUT2D eigenvalue weighted by Gasteiger charge is 2.24. The maximum Gasteiger partial charge on any atom is 0.320 e. The molecule has 0 spiro atoms. The number of nitrogens with one attached hydrogen (secondary N) is 1. The summed E-state index contributed by atoms with van der Waals surface area (Å²) in [6.45, 7) is 2.43. The highest BCUT2D eigenvalue weighted by atomic mass is 19.1. The first-order valence-corrected chi connectivity index (χ1v) is 13.2. The summed E-state index contributed by atoms with van der Waals surface area (Å²) >= 11 is 0. The minimum Gasteiger partial charge on any atom is -0.480 e. The molecule has 1 saturated carbocycles. The fourth-order valence-corrected chi connectivity index (χ4v) is 5.42. The molecule has 39 heavy (non-hydrogen) atoms. The van der Waals surface area contributed by atoms with Gasteiger partial charge in [-0.15, -0.1) is 0 Å². The fourth-order valence-electron chi connectivity index (χ4n) is 5.42. The van der Waals surface area contributed by atoms with Gasteiger partial charge in [0.2, 0.25) is 0 Å². The van der Waals surface area contributed by atoms with E-state index in [0.29, 0.717) is 36.6 Å². The standard InChI is InChI=1S/C30H33F2N3O4/c1-18(14-19-4-2-3-5-19)15-26(30(38)39)34-17-20-6-9-22(10-7-20)35-27(36)13-12-24(29(35)33)28(37)23-11-8-21(31)16-25(23)32/h6-13,16,18-19,26,34H,2-5,14-15,17,33H2,1H3,(H,38,39). The predicted octanol–water partition coefficient (Wildman–Crippen LogP) is 5.08. The molecule has 4 N–H and O–H groups in total. The van der Waals surface area contributed by atoms with Crippen LogP contribution in [0.2, 0.25) is 0 Å². The van der Waals surface area contributed by atoms with E-state index in [1.165, 1.54) is 31.7 Å². The lowest BCUT2D eigenvalue weighted by Gasteiger charge is -2.21. The van der Waals surface area contributed by atoms with E-state index in [1.807, 2.05) is 0 Å². The summed E-state index contributed by atoms with van der Waals surface area (Å²) in [6.07, 6.45) is 6.58. The quantitative estimate of drug-likeness (QED) is 0.294. The Morgan fingerprint density at radius 3 is 2.36 bits per heavy atom. The first-order chi connectivity index (χ1) is 18.6. The third kappa shape index (κ3) is 6.78. The molecule has 1 aliphatic carbocycles. The summed E-state index contributed by atoms with van der Waals surface area (Å²) in [5.41, 5.74) is 6.42. The zero-order valence-corrected chi connectivity index (χ0v) is 21.8. The Morgan fingerprint density at radius 1 is 1.05 bits per heavy atom. The Balaban J connectivity index is 1.46. The molecule has 2 unspecified atom stereocenters. The maximum atomic E-state index is 14.2. The molecule has 206 valence electrons. The molecule has 0 aliphatic heterocycles. The van der Waals surface area contributed by atoms with Crippen molar-refractivity contribution in [3.8, 4) is 5.69 Å². The second-order valence-electron chi connectivity index (χ2n) is 10.4. The third-order valence-electron chi connectivity index (χ3n) is 7.44. The number of nitrogens with zero attached hydrogens (tertiary/aromatic N) is 1. The molecule has 1 heterocycles. The number of pyridine rings is 1. The normalized spacial score (nSPS) is 15.3. The summed E-state index contributed by atoms with van der Waals surface area (Å²) in [5, 5.41) is 12.8. The highest BCUT2D eigenvalue weighted by molar-refractivity contribution is 6.11. The van der Waals surface area contributed by atoms with Gasteiger partial charge in [0.25, 0.3) is 5.56 Å². The van der Waals surface area contributed by atoms with Crippen LogP contribution in [-0.2, 0) is 11.3 Å². The molecule has 1 aliphatic rings. The van der Waals surface area contributed by atoms with Crippen molar-refractivity contribution in [3.05, 3.63) is 93.3 Å². The van der Waals surface area contributed by atoms with Gasteiger partial charge in [0, 0.05) is 18.7 Å². The van der Waals surface area contributed by atoms with Gasteiger partial charge < -0.3 is 16.2 Å². The molecule has 2 aromatic carbocycles. The van der Waals surface area contributed by atoms with E-state index in [2.05, 4.69) is 12.2 Å². The molecular formula is C30H33F2N3O4. The van der Waals surface area contributed by atoms with Gasteiger partial charge in [0.15, 0.2) is 5.78 Å². The molecule has 9 heteroatoms. The molecule has 2 atom stereocenters. The zero-order chi connectivity index (χ0) is 28.1. The number of benzene rings is 2. The number of aromatic nitrogens is 1. The molecule has 1 fully saturated rings. The second-order valence-corrected chi connectivity index (χ2v) is 10.4. The van der Waals surface area contributed by atoms with Crippen molar-refractivity contribution in [2.24, 2.45) is 11.8 Å². The minimum atomic E-state index is -1.03. The molecule has 1 aromatic heterocycles. The molecule has 7 nitrogen and oxygen atoms in total. The number of carbonyl (C=O) groups excluding carboxylic acids is 1. The van der Waals surface area contributed by atoms with Crippen molar-refractivity contribution >= 4 is 17.6 Å². The number of ketones is 1. The maximum absolute atomic E-state index is 14.2. The number of halogens is 2. The van der Waals surface area contributed by atoms with Crippen molar-refractivity contribution in [1.82, 2.24) is 9.88 Å². The van der Waals surface area contributed by atoms with Crippen molar-refractivity contribution in [2.45, 2.75) is 58.0 Å². The van der Waals surface area contributed by atoms with Gasteiger partial charge in [-0.2, -0.15) is 0 Å². The molecule has 0 saturated heterocycles. The largest absolute Gasteiger partial charge is 0.480 e. The van der Waals surface area contributed by atoms with Crippen LogP contribution in [0, 0.1) is 23.5 Å². The third-order valence-corrected chi connectivity index (χ3v) is 7.44. The lowest BCUT2D eigenvalue weighted by molar-refractivity contribution is -0.140. The molecule has 4 rings (SSSR count). The molecule has 0 amide bonds. The van der Waals surface area contributed by atoms with Crippen LogP contribution in [0.5, 0.6) is 0 Å². The first kappa shape index (κ1) is 28.2. The van der Waals surface area contributed by atoms with Gasteiger partial charge in [-0.1, -0.05) is 44.7 Å². The van der Waals surface area contributed by atoms with Crippen LogP contribution < -0.4 is 16.6 Å². The Hall–Kier alpha value is -3.85. The van der Waals surface area contributed by atoms with E-state index < -0.39 is 35.0 Å². The monoisotopic (exact) mass is 537 g/mol. The van der Waals surface area contributed by atoms with Crippen LogP contribution in [0.1, 0.15) is 66.9 Å². The molecule has 0 radical (unpaired) electrons. The number of rotatable bonds is 11. The number of nitrogens with two attached hydrogens (primary N) is 1. The van der Waals surface area contributed by atoms with E-state index >= 15 is 0 Å². The van der Waals surface area contributed by atoms with E-state index in [4.69, 9.17) is 5.73 Å². The van der Waals surface area contributed by atoms with Gasteiger partial charge in [0.1, 0.15) is 23.5 Å². The number of carboxylic acid groups (broad SMARTS) is 1. The summed E-state index contributed by atoms with van der Waals surface area (Å²) in [5.74, 6) is -2.68. The number of carbonyl (C=O) groups is 2. The number of aliphatic carboxylic acids is 1. The average Bonchev–Trinajstić information content (AvgIpc) is 3.40. The SMILES string of the molecule is CC(CC1CCCC1)CC(NCc1ccc(-n2c(N)c(C(=O)c3ccc(F)cc3F)ccc2=O)cc1)C(=O)O. The van der Waals surface area contributed by atoms with Gasteiger partial charge in [0.05, 0.1) is 16.8 Å². The van der Waals surface area contributed by atoms with Gasteiger partial charge in [-0.25, -0.2) is 8.78 Å². The van der Waals surface area contributed by atoms with Crippen LogP contribution in [0.3, 0.4) is 0 Å². The predicted molar refractivity (Wildman–Crippen MR) is 145 cm³/mol. The van der Waals surface area contributed by atoms with Gasteiger partial charge in [-0.3, -0.25) is 19.0 Å². The lowest BCUT2D eigenvalue weighted by Crippen LogP contribution is -2.37. The van der Waals surface area contributed by atoms with Crippen molar-refractivity contribution in [3.63, 3.8) is 0 Å². The molecular weight excluding hydrogens is 504 g/mol. The number of carboxylic acids is 1. The average molecular weight is 538 g/mol. The Kier molecular flexibility index (Phi) is 8.91.